The van der Waals surface area contributed by atoms with E-state index in [1.807, 2.05) is 42.5 Å². The van der Waals surface area contributed by atoms with Crippen molar-refractivity contribution in [2.45, 2.75) is 0 Å². The van der Waals surface area contributed by atoms with Gasteiger partial charge in [0.1, 0.15) is 0 Å². The number of hydrogen-bond acceptors (Lipinski definition) is 3. The van der Waals surface area contributed by atoms with Gasteiger partial charge < -0.3 is 0 Å². The molecule has 0 aliphatic carbocycles. The molecule has 0 saturated heterocycles. The van der Waals surface area contributed by atoms with E-state index in [1.54, 1.807) is 0 Å². The van der Waals surface area contributed by atoms with Gasteiger partial charge in [-0.1, -0.05) is 91.0 Å². The number of pyridine rings is 1. The number of hydrogen-bond donors (Lipinski definition) is 2. The molecule has 146 valence electrons. The van der Waals surface area contributed by atoms with Gasteiger partial charge in [0.25, 0.3) is 0 Å². The van der Waals surface area contributed by atoms with E-state index in [2.05, 4.69) is 60.7 Å². The lowest BCUT2D eigenvalue weighted by Gasteiger charge is -2.10. The molecule has 0 fully saturated rings. The Labute approximate surface area is 169 Å². The van der Waals surface area contributed by atoms with Crippen LogP contribution in [0.5, 0.6) is 0 Å². The van der Waals surface area contributed by atoms with Crippen LogP contribution in [-0.2, 0) is 10.4 Å². The molecule has 6 heteroatoms. The highest BCUT2D eigenvalue weighted by Crippen LogP contribution is 2.29. The van der Waals surface area contributed by atoms with Gasteiger partial charge in [-0.15, -0.1) is 0 Å². The topological polar surface area (TPSA) is 87.5 Å². The summed E-state index contributed by atoms with van der Waals surface area (Å²) in [4.78, 5) is 4.90. The minimum Gasteiger partial charge on any atom is -0.264 e. The van der Waals surface area contributed by atoms with Crippen molar-refractivity contribution in [2.24, 2.45) is 0 Å². The Kier molecular flexibility index (Phi) is 6.51. The van der Waals surface area contributed by atoms with E-state index in [0.717, 1.165) is 22.5 Å². The van der Waals surface area contributed by atoms with Gasteiger partial charge in [0.15, 0.2) is 0 Å². The first-order chi connectivity index (χ1) is 13.9. The van der Waals surface area contributed by atoms with Crippen molar-refractivity contribution in [3.05, 3.63) is 103 Å². The zero-order valence-corrected chi connectivity index (χ0v) is 16.2. The van der Waals surface area contributed by atoms with E-state index < -0.39 is 10.4 Å². The summed E-state index contributed by atoms with van der Waals surface area (Å²) < 4.78 is 31.6. The van der Waals surface area contributed by atoms with Crippen molar-refractivity contribution in [2.75, 3.05) is 0 Å². The Morgan fingerprint density at radius 1 is 0.517 bits per heavy atom. The molecule has 1 aromatic heterocycles. The van der Waals surface area contributed by atoms with Crippen LogP contribution >= 0.6 is 0 Å². The van der Waals surface area contributed by atoms with Crippen molar-refractivity contribution in [1.82, 2.24) is 4.98 Å². The molecule has 29 heavy (non-hydrogen) atoms. The summed E-state index contributed by atoms with van der Waals surface area (Å²) in [6.45, 7) is 0. The Hall–Kier alpha value is -3.32. The van der Waals surface area contributed by atoms with Crippen molar-refractivity contribution >= 4 is 10.4 Å². The maximum atomic E-state index is 8.74. The standard InChI is InChI=1S/C23H17N.H2O4S/c1-4-10-18(11-5-1)21-16-22(19-12-6-2-7-13-19)24-23(17-21)20-14-8-3-9-15-20;1-5(2,3)4/h1-17H;(H2,1,2,3,4). The van der Waals surface area contributed by atoms with Crippen molar-refractivity contribution in [3.8, 4) is 33.6 Å². The number of rotatable bonds is 3. The van der Waals surface area contributed by atoms with Gasteiger partial charge in [0.2, 0.25) is 0 Å². The average Bonchev–Trinajstić information content (AvgIpc) is 2.74. The van der Waals surface area contributed by atoms with Crippen molar-refractivity contribution < 1.29 is 17.5 Å². The fourth-order valence-electron chi connectivity index (χ4n) is 2.84. The second-order valence-corrected chi connectivity index (χ2v) is 7.07. The molecular weight excluding hydrogens is 386 g/mol. The van der Waals surface area contributed by atoms with Gasteiger partial charge in [-0.05, 0) is 23.3 Å². The van der Waals surface area contributed by atoms with E-state index in [0.29, 0.717) is 0 Å². The molecule has 0 spiro atoms. The van der Waals surface area contributed by atoms with Crippen LogP contribution in [0.15, 0.2) is 103 Å². The molecule has 4 aromatic rings. The molecule has 0 unspecified atom stereocenters. The zero-order chi connectivity index (χ0) is 20.7. The highest BCUT2D eigenvalue weighted by atomic mass is 32.3. The highest BCUT2D eigenvalue weighted by Gasteiger charge is 2.08. The normalized spacial score (nSPS) is 10.7. The average molecular weight is 405 g/mol. The molecule has 0 atom stereocenters. The minimum atomic E-state index is -4.67. The lowest BCUT2D eigenvalue weighted by molar-refractivity contribution is 0.381. The smallest absolute Gasteiger partial charge is 0.264 e. The molecule has 0 bridgehead atoms. The second kappa shape index (κ2) is 9.25. The zero-order valence-electron chi connectivity index (χ0n) is 15.4. The van der Waals surface area contributed by atoms with Gasteiger partial charge in [0.05, 0.1) is 11.4 Å². The fourth-order valence-corrected chi connectivity index (χ4v) is 2.84. The van der Waals surface area contributed by atoms with Crippen LogP contribution in [0.4, 0.5) is 0 Å². The molecule has 2 N–H and O–H groups in total. The lowest BCUT2D eigenvalue weighted by Crippen LogP contribution is -1.90. The predicted molar refractivity (Wildman–Crippen MR) is 115 cm³/mol. The number of nitrogens with zero attached hydrogens (tertiary/aromatic N) is 1. The Balaban J connectivity index is 0.000000431. The Morgan fingerprint density at radius 2 is 0.828 bits per heavy atom. The maximum Gasteiger partial charge on any atom is 0.394 e. The lowest BCUT2D eigenvalue weighted by atomic mass is 10.00. The molecule has 0 saturated carbocycles. The first-order valence-electron chi connectivity index (χ1n) is 8.78. The molecular formula is C23H19NO4S. The van der Waals surface area contributed by atoms with Crippen LogP contribution < -0.4 is 0 Å². The van der Waals surface area contributed by atoms with E-state index >= 15 is 0 Å². The third-order valence-corrected chi connectivity index (χ3v) is 4.07. The van der Waals surface area contributed by atoms with Crippen LogP contribution in [0.2, 0.25) is 0 Å². The van der Waals surface area contributed by atoms with E-state index in [1.165, 1.54) is 11.1 Å². The SMILES string of the molecule is O=S(=O)(O)O.c1ccc(-c2cc(-c3ccccc3)nc(-c3ccccc3)c2)cc1. The summed E-state index contributed by atoms with van der Waals surface area (Å²) in [6, 6.07) is 35.5. The van der Waals surface area contributed by atoms with E-state index in [4.69, 9.17) is 22.5 Å². The maximum absolute atomic E-state index is 8.74. The third-order valence-electron chi connectivity index (χ3n) is 4.07. The number of aromatic nitrogens is 1. The monoisotopic (exact) mass is 405 g/mol. The van der Waals surface area contributed by atoms with Gasteiger partial charge in [0, 0.05) is 11.1 Å². The summed E-state index contributed by atoms with van der Waals surface area (Å²) in [7, 11) is -4.67. The quantitative estimate of drug-likeness (QED) is 0.444. The number of benzene rings is 3. The molecule has 1 heterocycles. The third kappa shape index (κ3) is 6.36. The van der Waals surface area contributed by atoms with E-state index in [-0.39, 0.29) is 0 Å². The Bertz CT molecular complexity index is 1020. The predicted octanol–water partition coefficient (Wildman–Crippen LogP) is 5.43. The summed E-state index contributed by atoms with van der Waals surface area (Å²) in [5.41, 5.74) is 6.64. The van der Waals surface area contributed by atoms with E-state index in [9.17, 15) is 0 Å². The summed E-state index contributed by atoms with van der Waals surface area (Å²) >= 11 is 0. The van der Waals surface area contributed by atoms with Gasteiger partial charge in [-0.25, -0.2) is 4.98 Å². The summed E-state index contributed by atoms with van der Waals surface area (Å²) in [5.74, 6) is 0. The van der Waals surface area contributed by atoms with Gasteiger partial charge in [-0.3, -0.25) is 9.11 Å². The second-order valence-electron chi connectivity index (χ2n) is 6.17. The van der Waals surface area contributed by atoms with Gasteiger partial charge >= 0.3 is 10.4 Å². The first kappa shape index (κ1) is 20.4. The Morgan fingerprint density at radius 3 is 1.17 bits per heavy atom. The summed E-state index contributed by atoms with van der Waals surface area (Å²) in [6.07, 6.45) is 0. The highest BCUT2D eigenvalue weighted by molar-refractivity contribution is 7.79. The minimum absolute atomic E-state index is 0.996. The van der Waals surface area contributed by atoms with Crippen molar-refractivity contribution in [3.63, 3.8) is 0 Å². The van der Waals surface area contributed by atoms with Gasteiger partial charge in [-0.2, -0.15) is 8.42 Å². The largest absolute Gasteiger partial charge is 0.394 e. The molecule has 5 nitrogen and oxygen atoms in total. The van der Waals surface area contributed by atoms with Crippen molar-refractivity contribution in [1.29, 1.82) is 0 Å². The summed E-state index contributed by atoms with van der Waals surface area (Å²) in [5, 5.41) is 0. The molecule has 0 radical (unpaired) electrons. The van der Waals surface area contributed by atoms with Crippen LogP contribution in [0.25, 0.3) is 33.6 Å². The van der Waals surface area contributed by atoms with Crippen LogP contribution in [0, 0.1) is 0 Å². The molecule has 0 aliphatic rings. The molecule has 3 aromatic carbocycles. The van der Waals surface area contributed by atoms with Crippen LogP contribution in [0.1, 0.15) is 0 Å². The molecule has 4 rings (SSSR count). The first-order valence-corrected chi connectivity index (χ1v) is 10.2. The molecule has 0 aliphatic heterocycles. The van der Waals surface area contributed by atoms with Crippen LogP contribution in [-0.4, -0.2) is 22.5 Å². The van der Waals surface area contributed by atoms with Crippen LogP contribution in [0.3, 0.4) is 0 Å². The fraction of sp³-hybridized carbons (Fsp3) is 0. The molecule has 0 amide bonds.